The molecule has 8 heteroatoms. The van der Waals surface area contributed by atoms with Gasteiger partial charge in [-0.1, -0.05) is 106 Å². The van der Waals surface area contributed by atoms with Crippen LogP contribution in [0.5, 0.6) is 5.75 Å². The predicted octanol–water partition coefficient (Wildman–Crippen LogP) is 5.85. The number of hydrogen-bond acceptors (Lipinski definition) is 6. The Morgan fingerprint density at radius 2 is 1.15 bits per heavy atom. The molecular weight excluding hydrogens is 544 g/mol. The van der Waals surface area contributed by atoms with Crippen LogP contribution in [0.3, 0.4) is 0 Å². The Labute approximate surface area is 235 Å². The first kappa shape index (κ1) is 27.8. The first-order valence-electron chi connectivity index (χ1n) is 12.9. The topological polar surface area (TPSA) is 94.6 Å². The number of carbonyl (C=O) groups is 1. The standard InChI is InChI=1S/C32H30O6S2/c1-31(2,3)26-20-13-21-27-29(26)38-30(33)32(27,23-14-7-4-8-15-23)22-28(39(34,35)24-16-9-5-10-17-24)40(36,37)25-18-11-6-12-19-25/h4-21,28H,22H2,1-3H3/t32-/m1/s1. The SMILES string of the molecule is CC(C)(C)c1cccc2c1OC(=O)[C@]2(CC(S(=O)(=O)c1ccccc1)S(=O)(=O)c1ccccc1)c1ccccc1. The molecule has 40 heavy (non-hydrogen) atoms. The van der Waals surface area contributed by atoms with Gasteiger partial charge in [0.25, 0.3) is 0 Å². The summed E-state index contributed by atoms with van der Waals surface area (Å²) in [7, 11) is -9.00. The number of esters is 1. The van der Waals surface area contributed by atoms with E-state index in [1.165, 1.54) is 24.3 Å². The lowest BCUT2D eigenvalue weighted by molar-refractivity contribution is -0.137. The van der Waals surface area contributed by atoms with Gasteiger partial charge in [-0.05, 0) is 35.2 Å². The van der Waals surface area contributed by atoms with E-state index in [9.17, 15) is 21.6 Å². The van der Waals surface area contributed by atoms with Gasteiger partial charge < -0.3 is 4.74 Å². The Morgan fingerprint density at radius 3 is 1.62 bits per heavy atom. The molecule has 0 aromatic heterocycles. The lowest BCUT2D eigenvalue weighted by atomic mass is 9.72. The molecule has 206 valence electrons. The normalized spacial score (nSPS) is 17.4. The van der Waals surface area contributed by atoms with Crippen LogP contribution in [0.1, 0.15) is 43.9 Å². The van der Waals surface area contributed by atoms with Crippen LogP contribution in [-0.4, -0.2) is 27.4 Å². The number of ether oxygens (including phenoxy) is 1. The summed E-state index contributed by atoms with van der Waals surface area (Å²) in [6.45, 7) is 5.96. The highest BCUT2D eigenvalue weighted by Crippen LogP contribution is 2.52. The summed E-state index contributed by atoms with van der Waals surface area (Å²) < 4.78 is 60.9. The van der Waals surface area contributed by atoms with Gasteiger partial charge in [-0.25, -0.2) is 16.8 Å². The maximum absolute atomic E-state index is 14.2. The molecule has 1 aliphatic heterocycles. The Kier molecular flexibility index (Phi) is 6.96. The molecule has 0 fully saturated rings. The average Bonchev–Trinajstić information content (AvgIpc) is 3.24. The maximum atomic E-state index is 14.2. The van der Waals surface area contributed by atoms with Gasteiger partial charge in [0, 0.05) is 17.5 Å². The highest BCUT2D eigenvalue weighted by atomic mass is 32.3. The van der Waals surface area contributed by atoms with E-state index in [4.69, 9.17) is 4.74 Å². The Balaban J connectivity index is 1.82. The van der Waals surface area contributed by atoms with Crippen LogP contribution in [0.4, 0.5) is 0 Å². The molecule has 0 saturated heterocycles. The van der Waals surface area contributed by atoms with Crippen LogP contribution >= 0.6 is 0 Å². The van der Waals surface area contributed by atoms with Crippen molar-refractivity contribution in [3.63, 3.8) is 0 Å². The third kappa shape index (κ3) is 4.55. The van der Waals surface area contributed by atoms with E-state index in [-0.39, 0.29) is 9.79 Å². The fourth-order valence-electron chi connectivity index (χ4n) is 5.33. The molecule has 1 heterocycles. The highest BCUT2D eigenvalue weighted by Gasteiger charge is 2.57. The quantitative estimate of drug-likeness (QED) is 0.203. The third-order valence-corrected chi connectivity index (χ3v) is 12.5. The van der Waals surface area contributed by atoms with E-state index in [0.717, 1.165) is 5.56 Å². The Bertz CT molecular complexity index is 1690. The van der Waals surface area contributed by atoms with Crippen LogP contribution in [0.25, 0.3) is 0 Å². The largest absolute Gasteiger partial charge is 0.425 e. The summed E-state index contributed by atoms with van der Waals surface area (Å²) in [5.74, 6) is -0.362. The average molecular weight is 575 g/mol. The van der Waals surface area contributed by atoms with Crippen molar-refractivity contribution in [3.8, 4) is 5.75 Å². The molecule has 1 aliphatic rings. The van der Waals surface area contributed by atoms with Crippen LogP contribution in [0, 0.1) is 0 Å². The molecule has 4 aromatic carbocycles. The molecular formula is C32H30O6S2. The van der Waals surface area contributed by atoms with E-state index in [0.29, 0.717) is 16.9 Å². The van der Waals surface area contributed by atoms with Crippen LogP contribution in [-0.2, 0) is 35.3 Å². The minimum Gasteiger partial charge on any atom is -0.425 e. The van der Waals surface area contributed by atoms with Gasteiger partial charge in [0.05, 0.1) is 9.79 Å². The van der Waals surface area contributed by atoms with E-state index in [1.807, 2.05) is 26.8 Å². The lowest BCUT2D eigenvalue weighted by Gasteiger charge is -2.31. The molecule has 0 saturated carbocycles. The lowest BCUT2D eigenvalue weighted by Crippen LogP contribution is -2.43. The molecule has 0 spiro atoms. The zero-order valence-corrected chi connectivity index (χ0v) is 24.1. The minimum absolute atomic E-state index is 0.141. The second-order valence-electron chi connectivity index (χ2n) is 10.9. The van der Waals surface area contributed by atoms with Gasteiger partial charge in [0.15, 0.2) is 24.3 Å². The first-order valence-corrected chi connectivity index (χ1v) is 16.0. The molecule has 0 unspecified atom stereocenters. The minimum atomic E-state index is -4.50. The van der Waals surface area contributed by atoms with E-state index < -0.39 is 47.5 Å². The number of para-hydroxylation sites is 1. The maximum Gasteiger partial charge on any atom is 0.326 e. The molecule has 0 amide bonds. The van der Waals surface area contributed by atoms with Gasteiger partial charge in [-0.3, -0.25) is 4.79 Å². The number of carbonyl (C=O) groups excluding carboxylic acids is 1. The smallest absolute Gasteiger partial charge is 0.326 e. The zero-order chi connectivity index (χ0) is 28.8. The summed E-state index contributed by atoms with van der Waals surface area (Å²) in [5.41, 5.74) is -0.408. The summed E-state index contributed by atoms with van der Waals surface area (Å²) in [4.78, 5) is 13.8. The molecule has 1 atom stereocenters. The molecule has 5 rings (SSSR count). The van der Waals surface area contributed by atoms with E-state index in [2.05, 4.69) is 0 Å². The van der Waals surface area contributed by atoms with Crippen molar-refractivity contribution < 1.29 is 26.4 Å². The second-order valence-corrected chi connectivity index (χ2v) is 15.5. The fraction of sp³-hybridized carbons (Fsp3) is 0.219. The molecule has 0 N–H and O–H groups in total. The van der Waals surface area contributed by atoms with Crippen molar-refractivity contribution in [1.82, 2.24) is 0 Å². The van der Waals surface area contributed by atoms with Crippen molar-refractivity contribution in [3.05, 3.63) is 126 Å². The number of rotatable bonds is 7. The predicted molar refractivity (Wildman–Crippen MR) is 154 cm³/mol. The summed E-state index contributed by atoms with van der Waals surface area (Å²) >= 11 is 0. The fourth-order valence-corrected chi connectivity index (χ4v) is 9.95. The summed E-state index contributed by atoms with van der Waals surface area (Å²) in [5, 5.41) is 0. The molecule has 0 radical (unpaired) electrons. The number of benzene rings is 4. The van der Waals surface area contributed by atoms with Gasteiger partial charge in [-0.2, -0.15) is 0 Å². The van der Waals surface area contributed by atoms with Crippen LogP contribution in [0.15, 0.2) is 119 Å². The number of hydrogen-bond donors (Lipinski definition) is 0. The van der Waals surface area contributed by atoms with Gasteiger partial charge in [-0.15, -0.1) is 0 Å². The van der Waals surface area contributed by atoms with E-state index >= 15 is 0 Å². The highest BCUT2D eigenvalue weighted by molar-refractivity contribution is 8.09. The van der Waals surface area contributed by atoms with Crippen molar-refractivity contribution >= 4 is 25.6 Å². The van der Waals surface area contributed by atoms with Gasteiger partial charge in [0.2, 0.25) is 0 Å². The summed E-state index contributed by atoms with van der Waals surface area (Å²) in [6.07, 6.45) is -0.565. The monoisotopic (exact) mass is 574 g/mol. The van der Waals surface area contributed by atoms with Gasteiger partial charge in [0.1, 0.15) is 11.2 Å². The van der Waals surface area contributed by atoms with E-state index in [1.54, 1.807) is 78.9 Å². The van der Waals surface area contributed by atoms with Crippen molar-refractivity contribution in [2.24, 2.45) is 0 Å². The van der Waals surface area contributed by atoms with Crippen molar-refractivity contribution in [2.45, 2.75) is 52.4 Å². The first-order chi connectivity index (χ1) is 18.9. The van der Waals surface area contributed by atoms with Gasteiger partial charge >= 0.3 is 5.97 Å². The summed E-state index contributed by atoms with van der Waals surface area (Å²) in [6, 6.07) is 29.0. The second kappa shape index (κ2) is 10.0. The number of sulfone groups is 2. The zero-order valence-electron chi connectivity index (χ0n) is 22.4. The van der Waals surface area contributed by atoms with Crippen molar-refractivity contribution in [2.75, 3.05) is 0 Å². The third-order valence-electron chi connectivity index (χ3n) is 7.40. The molecule has 6 nitrogen and oxygen atoms in total. The Hall–Kier alpha value is -3.75. The van der Waals surface area contributed by atoms with Crippen molar-refractivity contribution in [1.29, 1.82) is 0 Å². The molecule has 0 bridgehead atoms. The molecule has 0 aliphatic carbocycles. The van der Waals surface area contributed by atoms with Crippen LogP contribution in [0.2, 0.25) is 0 Å². The Morgan fingerprint density at radius 1 is 0.675 bits per heavy atom. The number of fused-ring (bicyclic) bond motifs is 1. The molecule has 4 aromatic rings. The van der Waals surface area contributed by atoms with Crippen LogP contribution < -0.4 is 4.74 Å².